The lowest BCUT2D eigenvalue weighted by Gasteiger charge is -2.36. The Morgan fingerprint density at radius 1 is 0.598 bits per heavy atom. The van der Waals surface area contributed by atoms with Crippen molar-refractivity contribution in [2.45, 2.75) is 183 Å². The van der Waals surface area contributed by atoms with E-state index in [0.29, 0.717) is 78.3 Å². The highest BCUT2D eigenvalue weighted by atomic mass is 32.2. The smallest absolute Gasteiger partial charge is 0.326 e. The minimum Gasteiger partial charge on any atom is -0.490 e. The summed E-state index contributed by atoms with van der Waals surface area (Å²) in [4.78, 5) is 150. The highest BCUT2D eigenvalue weighted by molar-refractivity contribution is 7.91. The SMILES string of the molecule is CN[C@@H](C)C(=O)N[C@H](C(=O)N1C[C@@H]2C[C@H]1C(=O)N[C@@H](Cc1ccc3ccccc3c1)C(=O)N[C@H](C(=O)NS(=O)(=O)C1CC1)Cc1ccc(cc1)OCc1cn(nn1)[C@H]1C[C@@H](C(=O)N[C@@H](Cc3ccc4ccccc4c3)C(=O)N[C@H](C(=O)O)Cc3ccc(cc3)OC/C=C/CO2)N(C(=O)[C@@H](NC(=O)[C@H](C)NC)C(C)(C)C)C1)C1CCOCC1. The summed E-state index contributed by atoms with van der Waals surface area (Å²) in [6.07, 6.45) is 4.96. The first-order valence-electron chi connectivity index (χ1n) is 39.8. The molecule has 8 heterocycles. The van der Waals surface area contributed by atoms with Gasteiger partial charge in [-0.2, -0.15) is 0 Å². The second kappa shape index (κ2) is 38.3. The third-order valence-corrected chi connectivity index (χ3v) is 24.1. The topological polar surface area (TPSA) is 407 Å². The number of rotatable bonds is 17. The molecule has 0 radical (unpaired) electrons. The van der Waals surface area contributed by atoms with Crippen LogP contribution in [0, 0.1) is 11.3 Å². The van der Waals surface area contributed by atoms with Crippen molar-refractivity contribution in [1.82, 2.24) is 72.1 Å². The van der Waals surface area contributed by atoms with Gasteiger partial charge in [-0.3, -0.25) is 47.9 Å². The van der Waals surface area contributed by atoms with E-state index in [1.54, 1.807) is 122 Å². The number of hydrogen-bond donors (Lipinski definition) is 10. The Labute approximate surface area is 679 Å². The van der Waals surface area contributed by atoms with E-state index in [0.717, 1.165) is 21.5 Å². The van der Waals surface area contributed by atoms with Crippen LogP contribution in [0.1, 0.15) is 107 Å². The van der Waals surface area contributed by atoms with Gasteiger partial charge in [0.1, 0.15) is 78.7 Å². The van der Waals surface area contributed by atoms with Crippen LogP contribution in [0.5, 0.6) is 11.5 Å². The fourth-order valence-electron chi connectivity index (χ4n) is 15.0. The molecule has 10 bridgehead atoms. The first-order valence-corrected chi connectivity index (χ1v) is 41.3. The summed E-state index contributed by atoms with van der Waals surface area (Å²) in [6.45, 7) is 8.94. The standard InChI is InChI=1S/C85H104N14O17S/c1-50(86-6)75(100)92-73(58-32-36-113-37-33-58)82(107)98-48-65-45-72(98)81(106)90-67(42-54-18-24-56-14-8-10-16-59(56)38-54)77(102)88-69(79(104)95-117(111,112)66-30-31-66)40-52-22-28-64(29-23-52)116-49-61-46-99(96-94-61)62-44-71(97(47-62)83(108)74(85(3,4)5)93-76(101)51(2)87-7)80(105)89-68(43-55-19-25-57-15-9-11-17-60(57)39-55)78(103)91-70(84(109)110)41-53-20-26-63(27-21-53)114-34-12-13-35-115-65/h8-29,38-39,46,50-51,58,62,65-74,86-87H,30-37,40-45,47-49H2,1-7H3,(H,88,102)(H,89,105)(H,90,106)(H,91,103)(H,92,100)(H,93,101)(H,95,104)(H,109,110)/b13-12+/t50-,51-,62-,65-,67-,68-,69-,70-,71-,72-,73-,74+/m0/s1. The van der Waals surface area contributed by atoms with Crippen LogP contribution in [-0.2, 0) is 99.7 Å². The van der Waals surface area contributed by atoms with Crippen LogP contribution in [-0.4, -0.2) is 223 Å². The van der Waals surface area contributed by atoms with Gasteiger partial charge in [0.25, 0.3) is 5.91 Å². The minimum atomic E-state index is -4.18. The Morgan fingerprint density at radius 2 is 1.12 bits per heavy atom. The molecule has 4 fully saturated rings. The molecule has 32 heteroatoms. The number of fused-ring (bicyclic) bond motifs is 2. The number of likely N-dealkylation sites (N-methyl/N-ethyl adjacent to an activating group) is 2. The van der Waals surface area contributed by atoms with E-state index in [-0.39, 0.29) is 77.4 Å². The molecule has 8 aliphatic rings. The van der Waals surface area contributed by atoms with Gasteiger partial charge >= 0.3 is 5.97 Å². The molecule has 622 valence electrons. The summed E-state index contributed by atoms with van der Waals surface area (Å²) in [7, 11) is -0.958. The van der Waals surface area contributed by atoms with Gasteiger partial charge < -0.3 is 76.4 Å². The van der Waals surface area contributed by atoms with Gasteiger partial charge in [0, 0.05) is 64.8 Å². The number of benzene rings is 6. The molecular weight excluding hydrogens is 1520 g/mol. The van der Waals surface area contributed by atoms with Crippen LogP contribution in [0.4, 0.5) is 0 Å². The predicted molar refractivity (Wildman–Crippen MR) is 433 cm³/mol. The lowest BCUT2D eigenvalue weighted by molar-refractivity contribution is -0.145. The number of likely N-dealkylation sites (tertiary alicyclic amines) is 2. The summed E-state index contributed by atoms with van der Waals surface area (Å²) in [5, 5.41) is 45.3. The van der Waals surface area contributed by atoms with Crippen LogP contribution < -0.4 is 56.7 Å². The number of nitrogens with zero attached hydrogens (tertiary/aromatic N) is 5. The molecule has 12 atom stereocenters. The Kier molecular flexibility index (Phi) is 27.9. The van der Waals surface area contributed by atoms with Crippen LogP contribution in [0.2, 0.25) is 0 Å². The van der Waals surface area contributed by atoms with Crippen molar-refractivity contribution in [3.05, 3.63) is 180 Å². The zero-order valence-corrected chi connectivity index (χ0v) is 67.5. The number of amides is 9. The van der Waals surface area contributed by atoms with E-state index < -0.39 is 152 Å². The number of aromatic nitrogens is 3. The maximum absolute atomic E-state index is 15.4. The number of carboxylic acids is 1. The normalized spacial score (nSPS) is 23.2. The maximum atomic E-state index is 15.4. The van der Waals surface area contributed by atoms with E-state index in [2.05, 4.69) is 57.6 Å². The fourth-order valence-corrected chi connectivity index (χ4v) is 16.4. The third kappa shape index (κ3) is 22.1. The number of sulfonamides is 1. The highest BCUT2D eigenvalue weighted by Crippen LogP contribution is 2.34. The maximum Gasteiger partial charge on any atom is 0.326 e. The molecule has 7 aromatic rings. The number of carboxylic acid groups (broad SMARTS) is 1. The average molecular weight is 1630 g/mol. The monoisotopic (exact) mass is 1620 g/mol. The van der Waals surface area contributed by atoms with E-state index >= 15 is 24.0 Å². The predicted octanol–water partition coefficient (Wildman–Crippen LogP) is 3.80. The summed E-state index contributed by atoms with van der Waals surface area (Å²) in [5.41, 5.74) is 1.63. The highest BCUT2D eigenvalue weighted by Gasteiger charge is 2.49. The summed E-state index contributed by atoms with van der Waals surface area (Å²) in [5.74, 6) is -7.26. The van der Waals surface area contributed by atoms with Crippen molar-refractivity contribution in [2.24, 2.45) is 11.3 Å². The lowest BCUT2D eigenvalue weighted by atomic mass is 9.85. The van der Waals surface area contributed by atoms with E-state index in [1.807, 2.05) is 78.9 Å². The quantitative estimate of drug-likeness (QED) is 0.0580. The van der Waals surface area contributed by atoms with E-state index in [9.17, 15) is 37.5 Å². The third-order valence-electron chi connectivity index (χ3n) is 22.3. The van der Waals surface area contributed by atoms with Crippen LogP contribution >= 0.6 is 0 Å². The summed E-state index contributed by atoms with van der Waals surface area (Å²) in [6, 6.07) is 26.5. The molecule has 3 saturated heterocycles. The Bertz CT molecular complexity index is 4910. The van der Waals surface area contributed by atoms with E-state index in [1.165, 1.54) is 14.5 Å². The second-order valence-corrected chi connectivity index (χ2v) is 33.8. The molecule has 9 amide bonds. The number of ether oxygens (including phenoxy) is 4. The first kappa shape index (κ1) is 85.2. The molecule has 10 N–H and O–H groups in total. The Hall–Kier alpha value is -11.2. The van der Waals surface area contributed by atoms with Crippen molar-refractivity contribution >= 4 is 90.7 Å². The van der Waals surface area contributed by atoms with E-state index in [4.69, 9.17) is 18.9 Å². The number of hydrogen-bond acceptors (Lipinski definition) is 20. The number of aliphatic carboxylic acids is 1. The number of carbonyl (C=O) groups is 10. The van der Waals surface area contributed by atoms with Gasteiger partial charge in [-0.1, -0.05) is 141 Å². The zero-order chi connectivity index (χ0) is 83.2. The number of nitrogens with one attached hydrogen (secondary N) is 9. The molecule has 117 heavy (non-hydrogen) atoms. The molecule has 0 spiro atoms. The number of carbonyl (C=O) groups excluding carboxylic acids is 9. The van der Waals surface area contributed by atoms with Gasteiger partial charge in [-0.25, -0.2) is 17.9 Å². The molecular formula is C85H104N14O17S. The molecule has 1 saturated carbocycles. The van der Waals surface area contributed by atoms with Crippen LogP contribution in [0.25, 0.3) is 21.5 Å². The minimum absolute atomic E-state index is 0.0144. The molecule has 15 rings (SSSR count). The van der Waals surface area contributed by atoms with Gasteiger partial charge in [0.05, 0.1) is 42.3 Å². The largest absolute Gasteiger partial charge is 0.490 e. The van der Waals surface area contributed by atoms with Crippen LogP contribution in [0.15, 0.2) is 152 Å². The van der Waals surface area contributed by atoms with Gasteiger partial charge in [-0.05, 0) is 139 Å². The van der Waals surface area contributed by atoms with Gasteiger partial charge in [0.2, 0.25) is 57.3 Å². The summed E-state index contributed by atoms with van der Waals surface area (Å²) >= 11 is 0. The molecule has 31 nitrogen and oxygen atoms in total. The first-order chi connectivity index (χ1) is 56.1. The van der Waals surface area contributed by atoms with Crippen molar-refractivity contribution in [3.63, 3.8) is 0 Å². The molecule has 7 aliphatic heterocycles. The van der Waals surface area contributed by atoms with Crippen molar-refractivity contribution in [1.29, 1.82) is 0 Å². The van der Waals surface area contributed by atoms with Crippen molar-refractivity contribution in [3.8, 4) is 11.5 Å². The molecule has 1 aliphatic carbocycles. The van der Waals surface area contributed by atoms with Crippen LogP contribution in [0.3, 0.4) is 0 Å². The van der Waals surface area contributed by atoms with Crippen molar-refractivity contribution < 1.29 is 80.4 Å². The molecule has 0 unspecified atom stereocenters. The Morgan fingerprint density at radius 3 is 1.68 bits per heavy atom. The zero-order valence-electron chi connectivity index (χ0n) is 66.7. The Balaban J connectivity index is 0.867. The lowest BCUT2D eigenvalue weighted by Crippen LogP contribution is -2.60. The van der Waals surface area contributed by atoms with Gasteiger partial charge in [0.15, 0.2) is 0 Å². The summed E-state index contributed by atoms with van der Waals surface area (Å²) < 4.78 is 55.2. The fraction of sp³-hybridized carbons (Fsp3) is 0.459. The molecule has 1 aromatic heterocycles. The molecule has 6 aromatic carbocycles. The van der Waals surface area contributed by atoms with Gasteiger partial charge in [-0.15, -0.1) is 5.10 Å². The second-order valence-electron chi connectivity index (χ2n) is 31.9. The average Bonchev–Trinajstić information content (AvgIpc) is 1.68. The van der Waals surface area contributed by atoms with Crippen molar-refractivity contribution in [2.75, 3.05) is 53.6 Å².